The van der Waals surface area contributed by atoms with Gasteiger partial charge >= 0.3 is 0 Å². The number of Topliss-reactive ketones (excluding diaryl/α,β-unsaturated/α-hetero) is 1. The molecule has 1 atom stereocenters. The Kier molecular flexibility index (Phi) is 5.01. The van der Waals surface area contributed by atoms with Crippen LogP contribution in [0.1, 0.15) is 6.92 Å². The molecule has 112 valence electrons. The van der Waals surface area contributed by atoms with Crippen molar-refractivity contribution in [3.8, 4) is 17.5 Å². The van der Waals surface area contributed by atoms with Crippen molar-refractivity contribution in [2.75, 3.05) is 5.75 Å². The van der Waals surface area contributed by atoms with E-state index in [0.29, 0.717) is 0 Å². The van der Waals surface area contributed by atoms with E-state index in [2.05, 4.69) is 10.2 Å². The molecule has 0 radical (unpaired) electrons. The quantitative estimate of drug-likeness (QED) is 0.648. The molecule has 0 aliphatic heterocycles. The number of hydrogen-bond donors (Lipinski definition) is 1. The molecule has 0 bridgehead atoms. The maximum atomic E-state index is 13.6. The number of aromatic nitrogens is 2. The van der Waals surface area contributed by atoms with E-state index in [4.69, 9.17) is 15.1 Å². The molecule has 0 saturated heterocycles. The van der Waals surface area contributed by atoms with Gasteiger partial charge in [0.15, 0.2) is 5.78 Å². The summed E-state index contributed by atoms with van der Waals surface area (Å²) in [6, 6.07) is 7.75. The van der Waals surface area contributed by atoms with Gasteiger partial charge in [-0.25, -0.2) is 4.39 Å². The zero-order chi connectivity index (χ0) is 16.1. The summed E-state index contributed by atoms with van der Waals surface area (Å²) in [6.07, 6.45) is 0. The van der Waals surface area contributed by atoms with Crippen LogP contribution in [0.3, 0.4) is 0 Å². The Morgan fingerprint density at radius 2 is 2.23 bits per heavy atom. The lowest BCUT2D eigenvalue weighted by molar-refractivity contribution is -0.117. The van der Waals surface area contributed by atoms with Crippen molar-refractivity contribution in [1.82, 2.24) is 10.2 Å². The predicted molar refractivity (Wildman–Crippen MR) is 77.9 cm³/mol. The van der Waals surface area contributed by atoms with E-state index in [1.165, 1.54) is 19.1 Å². The fraction of sp³-hybridized carbons (Fsp3) is 0.214. The highest BCUT2D eigenvalue weighted by molar-refractivity contribution is 7.99. The van der Waals surface area contributed by atoms with E-state index in [9.17, 15) is 9.18 Å². The third kappa shape index (κ3) is 3.56. The van der Waals surface area contributed by atoms with Gasteiger partial charge < -0.3 is 9.83 Å². The standard InChI is InChI=1S/C14H11FN4O2S/c1-8(17)10(6-16)12(20)7-22-14-19-18-13(21-14)9-4-2-3-5-11(9)15/h2-5,10,17H,7H2,1H3. The molecule has 1 aromatic carbocycles. The first-order chi connectivity index (χ1) is 10.5. The molecule has 0 aliphatic carbocycles. The van der Waals surface area contributed by atoms with Crippen LogP contribution in [0, 0.1) is 28.5 Å². The summed E-state index contributed by atoms with van der Waals surface area (Å²) < 4.78 is 18.9. The van der Waals surface area contributed by atoms with Crippen molar-refractivity contribution in [2.24, 2.45) is 5.92 Å². The minimum atomic E-state index is -1.07. The number of nitrogens with zero attached hydrogens (tertiary/aromatic N) is 3. The lowest BCUT2D eigenvalue weighted by Gasteiger charge is -2.03. The van der Waals surface area contributed by atoms with Crippen molar-refractivity contribution in [3.63, 3.8) is 0 Å². The van der Waals surface area contributed by atoms with Crippen LogP contribution in [0.15, 0.2) is 33.9 Å². The number of ketones is 1. The predicted octanol–water partition coefficient (Wildman–Crippen LogP) is 2.72. The van der Waals surface area contributed by atoms with Gasteiger partial charge in [0, 0.05) is 5.71 Å². The zero-order valence-corrected chi connectivity index (χ0v) is 12.4. The molecule has 8 heteroatoms. The fourth-order valence-electron chi connectivity index (χ4n) is 1.64. The highest BCUT2D eigenvalue weighted by Gasteiger charge is 2.21. The summed E-state index contributed by atoms with van der Waals surface area (Å²) in [7, 11) is 0. The van der Waals surface area contributed by atoms with Gasteiger partial charge in [-0.05, 0) is 19.1 Å². The van der Waals surface area contributed by atoms with E-state index in [0.717, 1.165) is 11.8 Å². The molecular formula is C14H11FN4O2S. The lowest BCUT2D eigenvalue weighted by Crippen LogP contribution is -2.21. The number of carbonyl (C=O) groups is 1. The molecule has 1 heterocycles. The highest BCUT2D eigenvalue weighted by Crippen LogP contribution is 2.25. The van der Waals surface area contributed by atoms with Crippen LogP contribution in [0.5, 0.6) is 0 Å². The minimum Gasteiger partial charge on any atom is -0.411 e. The monoisotopic (exact) mass is 318 g/mol. The van der Waals surface area contributed by atoms with Crippen LogP contribution in [0.25, 0.3) is 11.5 Å². The number of halogens is 1. The number of hydrogen-bond acceptors (Lipinski definition) is 7. The van der Waals surface area contributed by atoms with Crippen molar-refractivity contribution in [2.45, 2.75) is 12.1 Å². The van der Waals surface area contributed by atoms with E-state index < -0.39 is 17.5 Å². The molecule has 0 saturated carbocycles. The maximum Gasteiger partial charge on any atom is 0.277 e. The van der Waals surface area contributed by atoms with Crippen molar-refractivity contribution in [1.29, 1.82) is 10.7 Å². The topological polar surface area (TPSA) is 104 Å². The van der Waals surface area contributed by atoms with Gasteiger partial charge in [-0.3, -0.25) is 4.79 Å². The lowest BCUT2D eigenvalue weighted by atomic mass is 10.0. The molecule has 0 aliphatic rings. The van der Waals surface area contributed by atoms with Gasteiger partial charge in [-0.2, -0.15) is 5.26 Å². The minimum absolute atomic E-state index is 0.00863. The third-order valence-corrected chi connectivity index (χ3v) is 3.57. The number of benzene rings is 1. The highest BCUT2D eigenvalue weighted by atomic mass is 32.2. The molecule has 2 aromatic rings. The Morgan fingerprint density at radius 1 is 1.50 bits per heavy atom. The molecule has 22 heavy (non-hydrogen) atoms. The van der Waals surface area contributed by atoms with E-state index >= 15 is 0 Å². The largest absolute Gasteiger partial charge is 0.411 e. The van der Waals surface area contributed by atoms with Crippen LogP contribution in [0.4, 0.5) is 4.39 Å². The second-order valence-electron chi connectivity index (χ2n) is 4.35. The van der Waals surface area contributed by atoms with Crippen molar-refractivity contribution in [3.05, 3.63) is 30.1 Å². The first-order valence-corrected chi connectivity index (χ1v) is 7.20. The summed E-state index contributed by atoms with van der Waals surface area (Å²) in [6.45, 7) is 1.40. The number of nitriles is 1. The van der Waals surface area contributed by atoms with Crippen LogP contribution < -0.4 is 0 Å². The first-order valence-electron chi connectivity index (χ1n) is 6.21. The molecule has 1 unspecified atom stereocenters. The van der Waals surface area contributed by atoms with E-state index in [1.807, 2.05) is 0 Å². The summed E-state index contributed by atoms with van der Waals surface area (Å²) in [5.74, 6) is -2.02. The summed E-state index contributed by atoms with van der Waals surface area (Å²) >= 11 is 0.951. The van der Waals surface area contributed by atoms with Crippen molar-refractivity contribution >= 4 is 23.3 Å². The van der Waals surface area contributed by atoms with Crippen LogP contribution in [-0.2, 0) is 4.79 Å². The van der Waals surface area contributed by atoms with E-state index in [-0.39, 0.29) is 28.1 Å². The number of carbonyl (C=O) groups excluding carboxylic acids is 1. The van der Waals surface area contributed by atoms with Gasteiger partial charge in [0.2, 0.25) is 0 Å². The summed E-state index contributed by atoms with van der Waals surface area (Å²) in [5, 5.41) is 23.8. The van der Waals surface area contributed by atoms with Crippen molar-refractivity contribution < 1.29 is 13.6 Å². The summed E-state index contributed by atoms with van der Waals surface area (Å²) in [4.78, 5) is 11.8. The Balaban J connectivity index is 2.05. The Labute approximate surface area is 129 Å². The maximum absolute atomic E-state index is 13.6. The van der Waals surface area contributed by atoms with Crippen LogP contribution in [0.2, 0.25) is 0 Å². The molecule has 0 spiro atoms. The molecule has 2 rings (SSSR count). The van der Waals surface area contributed by atoms with Gasteiger partial charge in [0.25, 0.3) is 11.1 Å². The number of thioether (sulfide) groups is 1. The first kappa shape index (κ1) is 15.9. The number of rotatable bonds is 6. The molecular weight excluding hydrogens is 307 g/mol. The van der Waals surface area contributed by atoms with Gasteiger partial charge in [-0.15, -0.1) is 10.2 Å². The normalized spacial score (nSPS) is 11.7. The van der Waals surface area contributed by atoms with Gasteiger partial charge in [0.05, 0.1) is 17.4 Å². The average Bonchev–Trinajstić information content (AvgIpc) is 2.94. The van der Waals surface area contributed by atoms with Gasteiger partial charge in [-0.1, -0.05) is 23.9 Å². The molecule has 0 fully saturated rings. The average molecular weight is 318 g/mol. The third-order valence-electron chi connectivity index (χ3n) is 2.73. The smallest absolute Gasteiger partial charge is 0.277 e. The zero-order valence-electron chi connectivity index (χ0n) is 11.5. The Morgan fingerprint density at radius 3 is 2.86 bits per heavy atom. The fourth-order valence-corrected chi connectivity index (χ4v) is 2.31. The molecule has 1 N–H and O–H groups in total. The molecule has 6 nitrogen and oxygen atoms in total. The molecule has 0 amide bonds. The number of nitrogens with one attached hydrogen (secondary N) is 1. The van der Waals surface area contributed by atoms with Gasteiger partial charge in [0.1, 0.15) is 11.7 Å². The van der Waals surface area contributed by atoms with E-state index in [1.54, 1.807) is 18.2 Å². The Bertz CT molecular complexity index is 753. The van der Waals surface area contributed by atoms with Crippen LogP contribution in [-0.4, -0.2) is 27.4 Å². The second kappa shape index (κ2) is 6.95. The SMILES string of the molecule is CC(=N)C(C#N)C(=O)CSc1nnc(-c2ccccc2F)o1. The van der Waals surface area contributed by atoms with Crippen LogP contribution >= 0.6 is 11.8 Å². The Hall–Kier alpha value is -2.53. The molecule has 1 aromatic heterocycles. The second-order valence-corrected chi connectivity index (χ2v) is 5.28. The summed E-state index contributed by atoms with van der Waals surface area (Å²) in [5.41, 5.74) is 0.170.